The molecule has 1 nitrogen and oxygen atoms in total. The lowest BCUT2D eigenvalue weighted by atomic mass is 9.78. The van der Waals surface area contributed by atoms with Crippen molar-refractivity contribution in [1.29, 1.82) is 0 Å². The molecule has 2 saturated carbocycles. The van der Waals surface area contributed by atoms with Crippen LogP contribution >= 0.6 is 0 Å². The monoisotopic (exact) mass is 496 g/mol. The Morgan fingerprint density at radius 2 is 0.944 bits per heavy atom. The highest BCUT2D eigenvalue weighted by Crippen LogP contribution is 2.35. The highest BCUT2D eigenvalue weighted by Gasteiger charge is 2.21. The van der Waals surface area contributed by atoms with Crippen molar-refractivity contribution in [3.8, 4) is 5.75 Å². The Morgan fingerprint density at radius 1 is 0.528 bits per heavy atom. The van der Waals surface area contributed by atoms with Gasteiger partial charge in [-0.3, -0.25) is 0 Å². The molecule has 2 aliphatic rings. The fourth-order valence-electron chi connectivity index (χ4n) is 7.06. The summed E-state index contributed by atoms with van der Waals surface area (Å²) in [5.41, 5.74) is 1.48. The van der Waals surface area contributed by atoms with Gasteiger partial charge in [-0.15, -0.1) is 0 Å². The second-order valence-electron chi connectivity index (χ2n) is 12.6. The van der Waals surface area contributed by atoms with Gasteiger partial charge in [-0.05, 0) is 67.1 Å². The standard InChI is InChI=1S/C35H60O/c1-3-5-7-12-30-17-19-32(20-18-30)14-9-10-15-33-25-27-35(28-26-33)36-29-11-16-34-23-21-31(22-24-34)13-8-6-4-2/h25-28,30-32,34H,3-24,29H2,1-2H3. The van der Waals surface area contributed by atoms with Crippen molar-refractivity contribution in [2.75, 3.05) is 6.61 Å². The molecule has 0 aromatic heterocycles. The van der Waals surface area contributed by atoms with Crippen molar-refractivity contribution >= 4 is 0 Å². The average Bonchev–Trinajstić information content (AvgIpc) is 2.92. The fourth-order valence-corrected chi connectivity index (χ4v) is 7.06. The quantitative estimate of drug-likeness (QED) is 0.184. The van der Waals surface area contributed by atoms with Crippen LogP contribution in [0, 0.1) is 23.7 Å². The van der Waals surface area contributed by atoms with E-state index in [0.29, 0.717) is 0 Å². The Hall–Kier alpha value is -0.980. The van der Waals surface area contributed by atoms with E-state index in [0.717, 1.165) is 36.0 Å². The third-order valence-corrected chi connectivity index (χ3v) is 9.64. The summed E-state index contributed by atoms with van der Waals surface area (Å²) in [6, 6.07) is 9.01. The molecule has 0 atom stereocenters. The first kappa shape index (κ1) is 29.6. The molecule has 1 heteroatoms. The molecule has 0 unspecified atom stereocenters. The molecular weight excluding hydrogens is 436 g/mol. The minimum atomic E-state index is 0.886. The number of rotatable bonds is 18. The molecule has 0 spiro atoms. The van der Waals surface area contributed by atoms with Gasteiger partial charge in [0.05, 0.1) is 6.61 Å². The summed E-state index contributed by atoms with van der Waals surface area (Å²) >= 11 is 0. The van der Waals surface area contributed by atoms with Crippen LogP contribution in [0.2, 0.25) is 0 Å². The zero-order valence-electron chi connectivity index (χ0n) is 24.3. The van der Waals surface area contributed by atoms with Crippen LogP contribution in [0.4, 0.5) is 0 Å². The van der Waals surface area contributed by atoms with Crippen molar-refractivity contribution in [2.24, 2.45) is 23.7 Å². The van der Waals surface area contributed by atoms with E-state index in [4.69, 9.17) is 4.74 Å². The van der Waals surface area contributed by atoms with Gasteiger partial charge in [-0.2, -0.15) is 0 Å². The van der Waals surface area contributed by atoms with Gasteiger partial charge in [0.15, 0.2) is 0 Å². The summed E-state index contributed by atoms with van der Waals surface area (Å²) in [4.78, 5) is 0. The normalized spacial score (nSPS) is 24.6. The molecule has 0 bridgehead atoms. The van der Waals surface area contributed by atoms with Crippen LogP contribution in [0.25, 0.3) is 0 Å². The van der Waals surface area contributed by atoms with Gasteiger partial charge in [-0.25, -0.2) is 0 Å². The van der Waals surface area contributed by atoms with E-state index in [2.05, 4.69) is 38.1 Å². The molecule has 206 valence electrons. The Labute approximate surface area is 225 Å². The summed E-state index contributed by atoms with van der Waals surface area (Å²) in [6.07, 6.45) is 31.4. The molecule has 2 fully saturated rings. The second-order valence-corrected chi connectivity index (χ2v) is 12.6. The van der Waals surface area contributed by atoms with E-state index in [1.54, 1.807) is 0 Å². The SMILES string of the molecule is CCCCCC1CCC(CCCCc2ccc(OCCCC3CCC(CCCCC)CC3)cc2)CC1. The zero-order chi connectivity index (χ0) is 25.3. The number of ether oxygens (including phenoxy) is 1. The van der Waals surface area contributed by atoms with Crippen LogP contribution in [-0.4, -0.2) is 6.61 Å². The maximum atomic E-state index is 6.08. The molecule has 36 heavy (non-hydrogen) atoms. The molecule has 3 rings (SSSR count). The predicted molar refractivity (Wildman–Crippen MR) is 158 cm³/mol. The first-order valence-corrected chi connectivity index (χ1v) is 16.5. The predicted octanol–water partition coefficient (Wildman–Crippen LogP) is 11.3. The minimum Gasteiger partial charge on any atom is -0.494 e. The van der Waals surface area contributed by atoms with E-state index in [9.17, 15) is 0 Å². The van der Waals surface area contributed by atoms with Crippen LogP contribution in [0.1, 0.15) is 154 Å². The smallest absolute Gasteiger partial charge is 0.119 e. The van der Waals surface area contributed by atoms with E-state index in [1.165, 1.54) is 147 Å². The number of hydrogen-bond donors (Lipinski definition) is 0. The zero-order valence-corrected chi connectivity index (χ0v) is 24.3. The highest BCUT2D eigenvalue weighted by molar-refractivity contribution is 5.27. The third-order valence-electron chi connectivity index (χ3n) is 9.64. The van der Waals surface area contributed by atoms with Crippen molar-refractivity contribution < 1.29 is 4.74 Å². The molecule has 0 radical (unpaired) electrons. The van der Waals surface area contributed by atoms with E-state index < -0.39 is 0 Å². The highest BCUT2D eigenvalue weighted by atomic mass is 16.5. The number of aryl methyl sites for hydroxylation is 1. The van der Waals surface area contributed by atoms with Crippen molar-refractivity contribution in [2.45, 2.75) is 155 Å². The average molecular weight is 497 g/mol. The second kappa shape index (κ2) is 18.3. The molecule has 0 N–H and O–H groups in total. The lowest BCUT2D eigenvalue weighted by Crippen LogP contribution is -2.15. The van der Waals surface area contributed by atoms with Crippen LogP contribution < -0.4 is 4.74 Å². The summed E-state index contributed by atoms with van der Waals surface area (Å²) in [5.74, 6) is 5.12. The van der Waals surface area contributed by atoms with Gasteiger partial charge >= 0.3 is 0 Å². The van der Waals surface area contributed by atoms with Gasteiger partial charge in [-0.1, -0.05) is 142 Å². The third kappa shape index (κ3) is 12.0. The Kier molecular flexibility index (Phi) is 15.0. The topological polar surface area (TPSA) is 9.23 Å². The van der Waals surface area contributed by atoms with Crippen LogP contribution in [0.15, 0.2) is 24.3 Å². The Morgan fingerprint density at radius 3 is 1.39 bits per heavy atom. The molecule has 1 aromatic rings. The van der Waals surface area contributed by atoms with Gasteiger partial charge in [0, 0.05) is 0 Å². The molecule has 0 saturated heterocycles. The van der Waals surface area contributed by atoms with Crippen molar-refractivity contribution in [1.82, 2.24) is 0 Å². The molecule has 0 amide bonds. The Bertz CT molecular complexity index is 576. The van der Waals surface area contributed by atoms with Crippen LogP contribution in [0.3, 0.4) is 0 Å². The van der Waals surface area contributed by atoms with Gasteiger partial charge in [0.25, 0.3) is 0 Å². The Balaban J connectivity index is 1.17. The van der Waals surface area contributed by atoms with Crippen LogP contribution in [0.5, 0.6) is 5.75 Å². The molecule has 2 aliphatic carbocycles. The van der Waals surface area contributed by atoms with Gasteiger partial charge in [0.1, 0.15) is 5.75 Å². The fraction of sp³-hybridized carbons (Fsp3) is 0.829. The molecule has 0 aliphatic heterocycles. The van der Waals surface area contributed by atoms with Crippen molar-refractivity contribution in [3.05, 3.63) is 29.8 Å². The summed E-state index contributed by atoms with van der Waals surface area (Å²) in [5, 5.41) is 0. The maximum Gasteiger partial charge on any atom is 0.119 e. The lowest BCUT2D eigenvalue weighted by molar-refractivity contribution is 0.228. The van der Waals surface area contributed by atoms with E-state index in [1.807, 2.05) is 0 Å². The summed E-state index contributed by atoms with van der Waals surface area (Å²) < 4.78 is 6.08. The lowest BCUT2D eigenvalue weighted by Gasteiger charge is -2.28. The van der Waals surface area contributed by atoms with Gasteiger partial charge in [0.2, 0.25) is 0 Å². The summed E-state index contributed by atoms with van der Waals surface area (Å²) in [6.45, 7) is 5.52. The molecule has 1 aromatic carbocycles. The van der Waals surface area contributed by atoms with Crippen LogP contribution in [-0.2, 0) is 6.42 Å². The van der Waals surface area contributed by atoms with E-state index in [-0.39, 0.29) is 0 Å². The molecular formula is C35H60O. The molecule has 0 heterocycles. The maximum absolute atomic E-state index is 6.08. The number of unbranched alkanes of at least 4 members (excludes halogenated alkanes) is 5. The largest absolute Gasteiger partial charge is 0.494 e. The minimum absolute atomic E-state index is 0.886. The number of hydrogen-bond acceptors (Lipinski definition) is 1. The number of benzene rings is 1. The first-order chi connectivity index (χ1) is 17.8. The van der Waals surface area contributed by atoms with Crippen molar-refractivity contribution in [3.63, 3.8) is 0 Å². The first-order valence-electron chi connectivity index (χ1n) is 16.5. The van der Waals surface area contributed by atoms with Gasteiger partial charge < -0.3 is 4.74 Å². The van der Waals surface area contributed by atoms with E-state index >= 15 is 0 Å². The summed E-state index contributed by atoms with van der Waals surface area (Å²) in [7, 11) is 0.